The van der Waals surface area contributed by atoms with Crippen molar-refractivity contribution < 1.29 is 12.8 Å². The molecule has 1 aliphatic rings. The fourth-order valence-corrected chi connectivity index (χ4v) is 5.20. The van der Waals surface area contributed by atoms with E-state index in [2.05, 4.69) is 12.2 Å². The van der Waals surface area contributed by atoms with Gasteiger partial charge in [-0.25, -0.2) is 12.8 Å². The van der Waals surface area contributed by atoms with Crippen LogP contribution in [0.4, 0.5) is 4.39 Å². The molecule has 1 N–H and O–H groups in total. The second kappa shape index (κ2) is 6.22. The largest absolute Gasteiger partial charge is 0.316 e. The van der Waals surface area contributed by atoms with Crippen LogP contribution in [0, 0.1) is 11.7 Å². The fraction of sp³-hybridized carbons (Fsp3) is 0.600. The van der Waals surface area contributed by atoms with Crippen LogP contribution in [0.1, 0.15) is 32.6 Å². The minimum atomic E-state index is -3.49. The third-order valence-corrected chi connectivity index (χ3v) is 6.60. The normalized spacial score (nSPS) is 27.4. The van der Waals surface area contributed by atoms with E-state index in [4.69, 9.17) is 0 Å². The van der Waals surface area contributed by atoms with E-state index in [1.54, 1.807) is 7.05 Å². The van der Waals surface area contributed by atoms with Crippen LogP contribution < -0.4 is 5.32 Å². The van der Waals surface area contributed by atoms with Gasteiger partial charge in [0.15, 0.2) is 9.84 Å². The Morgan fingerprint density at radius 1 is 1.35 bits per heavy atom. The lowest BCUT2D eigenvalue weighted by molar-refractivity contribution is 0.296. The Labute approximate surface area is 120 Å². The van der Waals surface area contributed by atoms with Crippen molar-refractivity contribution in [1.29, 1.82) is 0 Å². The molecule has 0 saturated heterocycles. The number of nitrogens with one attached hydrogen (secondary N) is 1. The molecule has 3 unspecified atom stereocenters. The smallest absolute Gasteiger partial charge is 0.182 e. The summed E-state index contributed by atoms with van der Waals surface area (Å²) in [6, 6.07) is 5.28. The van der Waals surface area contributed by atoms with Crippen LogP contribution >= 0.6 is 0 Å². The van der Waals surface area contributed by atoms with Crippen LogP contribution in [0.2, 0.25) is 0 Å². The standard InChI is InChI=1S/C15H22FNO2S/c1-3-11-7-8-14(17-2)15(9-11)20(18,19)13-6-4-5-12(16)10-13/h4-6,10-11,14-15,17H,3,7-9H2,1-2H3. The average Bonchev–Trinajstić information content (AvgIpc) is 2.46. The molecule has 1 saturated carbocycles. The molecule has 1 aromatic carbocycles. The number of hydrogen-bond acceptors (Lipinski definition) is 3. The van der Waals surface area contributed by atoms with Crippen LogP contribution in [-0.4, -0.2) is 26.8 Å². The summed E-state index contributed by atoms with van der Waals surface area (Å²) >= 11 is 0. The van der Waals surface area contributed by atoms with Crippen molar-refractivity contribution in [3.8, 4) is 0 Å². The third-order valence-electron chi connectivity index (χ3n) is 4.37. The SMILES string of the molecule is CCC1CCC(NC)C(S(=O)(=O)c2cccc(F)c2)C1. The predicted octanol–water partition coefficient (Wildman–Crippen LogP) is 2.77. The highest BCUT2D eigenvalue weighted by atomic mass is 32.2. The first-order valence-corrected chi connectivity index (χ1v) is 8.70. The quantitative estimate of drug-likeness (QED) is 0.930. The molecule has 3 nitrogen and oxygen atoms in total. The molecule has 0 bridgehead atoms. The predicted molar refractivity (Wildman–Crippen MR) is 77.9 cm³/mol. The van der Waals surface area contributed by atoms with Gasteiger partial charge in [-0.1, -0.05) is 19.4 Å². The fourth-order valence-electron chi connectivity index (χ4n) is 3.07. The first kappa shape index (κ1) is 15.4. The Morgan fingerprint density at radius 2 is 2.10 bits per heavy atom. The average molecular weight is 299 g/mol. The van der Waals surface area contributed by atoms with Crippen LogP contribution in [0.15, 0.2) is 29.2 Å². The zero-order valence-electron chi connectivity index (χ0n) is 12.0. The van der Waals surface area contributed by atoms with Crippen molar-refractivity contribution in [2.45, 2.75) is 48.8 Å². The van der Waals surface area contributed by atoms with Crippen LogP contribution in [-0.2, 0) is 9.84 Å². The van der Waals surface area contributed by atoms with Gasteiger partial charge in [0.05, 0.1) is 10.1 Å². The number of halogens is 1. The van der Waals surface area contributed by atoms with Crippen molar-refractivity contribution in [2.75, 3.05) is 7.05 Å². The van der Waals surface area contributed by atoms with Gasteiger partial charge in [-0.15, -0.1) is 0 Å². The molecule has 0 radical (unpaired) electrons. The molecular weight excluding hydrogens is 277 g/mol. The van der Waals surface area contributed by atoms with Crippen molar-refractivity contribution in [2.24, 2.45) is 5.92 Å². The van der Waals surface area contributed by atoms with Gasteiger partial charge >= 0.3 is 0 Å². The molecule has 20 heavy (non-hydrogen) atoms. The molecule has 1 aliphatic carbocycles. The highest BCUT2D eigenvalue weighted by Gasteiger charge is 2.38. The minimum Gasteiger partial charge on any atom is -0.316 e. The zero-order valence-corrected chi connectivity index (χ0v) is 12.8. The summed E-state index contributed by atoms with van der Waals surface area (Å²) < 4.78 is 38.8. The van der Waals surface area contributed by atoms with E-state index in [0.717, 1.165) is 25.3 Å². The van der Waals surface area contributed by atoms with E-state index in [1.807, 2.05) is 0 Å². The first-order valence-electron chi connectivity index (χ1n) is 7.15. The summed E-state index contributed by atoms with van der Waals surface area (Å²) in [5.41, 5.74) is 0. The number of sulfone groups is 1. The summed E-state index contributed by atoms with van der Waals surface area (Å²) in [6.07, 6.45) is 3.55. The van der Waals surface area contributed by atoms with Gasteiger partial charge in [0.2, 0.25) is 0 Å². The van der Waals surface area contributed by atoms with E-state index in [1.165, 1.54) is 18.2 Å². The lowest BCUT2D eigenvalue weighted by atomic mass is 9.84. The van der Waals surface area contributed by atoms with Gasteiger partial charge in [-0.2, -0.15) is 0 Å². The second-order valence-electron chi connectivity index (χ2n) is 5.52. The van der Waals surface area contributed by atoms with Crippen molar-refractivity contribution in [3.05, 3.63) is 30.1 Å². The van der Waals surface area contributed by atoms with Crippen LogP contribution in [0.5, 0.6) is 0 Å². The molecule has 1 fully saturated rings. The Hall–Kier alpha value is -0.940. The lowest BCUT2D eigenvalue weighted by Crippen LogP contribution is -2.46. The summed E-state index contributed by atoms with van der Waals surface area (Å²) in [5, 5.41) is 2.65. The molecule has 3 atom stereocenters. The zero-order chi connectivity index (χ0) is 14.8. The van der Waals surface area contributed by atoms with E-state index in [-0.39, 0.29) is 10.9 Å². The van der Waals surface area contributed by atoms with Crippen molar-refractivity contribution in [1.82, 2.24) is 5.32 Å². The van der Waals surface area contributed by atoms with Gasteiger partial charge < -0.3 is 5.32 Å². The highest BCUT2D eigenvalue weighted by Crippen LogP contribution is 2.33. The summed E-state index contributed by atoms with van der Waals surface area (Å²) in [4.78, 5) is 0.0968. The maximum atomic E-state index is 13.3. The van der Waals surface area contributed by atoms with Crippen molar-refractivity contribution in [3.63, 3.8) is 0 Å². The monoisotopic (exact) mass is 299 g/mol. The summed E-state index contributed by atoms with van der Waals surface area (Å²) in [7, 11) is -1.69. The van der Waals surface area contributed by atoms with Gasteiger partial charge in [0.1, 0.15) is 5.82 Å². The third kappa shape index (κ3) is 3.04. The number of benzene rings is 1. The molecule has 112 valence electrons. The minimum absolute atomic E-state index is 0.0499. The van der Waals surface area contributed by atoms with Gasteiger partial charge in [-0.3, -0.25) is 0 Å². The first-order chi connectivity index (χ1) is 9.48. The van der Waals surface area contributed by atoms with E-state index in [0.29, 0.717) is 12.3 Å². The molecule has 2 rings (SSSR count). The van der Waals surface area contributed by atoms with Crippen LogP contribution in [0.25, 0.3) is 0 Å². The molecule has 1 aromatic rings. The summed E-state index contributed by atoms with van der Waals surface area (Å²) in [5.74, 6) is -0.0668. The van der Waals surface area contributed by atoms with E-state index < -0.39 is 20.9 Å². The molecule has 0 spiro atoms. The Kier molecular flexibility index (Phi) is 4.81. The molecule has 0 aromatic heterocycles. The summed E-state index contributed by atoms with van der Waals surface area (Å²) in [6.45, 7) is 2.09. The highest BCUT2D eigenvalue weighted by molar-refractivity contribution is 7.92. The van der Waals surface area contributed by atoms with Gasteiger partial charge in [0.25, 0.3) is 0 Å². The number of rotatable bonds is 4. The number of hydrogen-bond donors (Lipinski definition) is 1. The van der Waals surface area contributed by atoms with Crippen molar-refractivity contribution >= 4 is 9.84 Å². The van der Waals surface area contributed by atoms with Gasteiger partial charge in [-0.05, 0) is 50.4 Å². The second-order valence-corrected chi connectivity index (χ2v) is 7.69. The van der Waals surface area contributed by atoms with E-state index >= 15 is 0 Å². The maximum absolute atomic E-state index is 13.3. The van der Waals surface area contributed by atoms with E-state index in [9.17, 15) is 12.8 Å². The maximum Gasteiger partial charge on any atom is 0.182 e. The van der Waals surface area contributed by atoms with Gasteiger partial charge in [0, 0.05) is 6.04 Å². The van der Waals surface area contributed by atoms with Crippen LogP contribution in [0.3, 0.4) is 0 Å². The molecule has 0 heterocycles. The Bertz CT molecular complexity index is 559. The molecule has 0 aliphatic heterocycles. The molecule has 5 heteroatoms. The Morgan fingerprint density at radius 3 is 2.70 bits per heavy atom. The molecular formula is C15H22FNO2S. The topological polar surface area (TPSA) is 46.2 Å². The Balaban J connectivity index is 2.34. The lowest BCUT2D eigenvalue weighted by Gasteiger charge is -2.35. The molecule has 0 amide bonds.